The average Bonchev–Trinajstić information content (AvgIpc) is 3.01. The molecule has 2 heterocycles. The number of nitrogens with zero attached hydrogens (tertiary/aromatic N) is 1. The summed E-state index contributed by atoms with van der Waals surface area (Å²) in [7, 11) is 0. The third kappa shape index (κ3) is 2.94. The van der Waals surface area contributed by atoms with Gasteiger partial charge in [-0.3, -0.25) is 0 Å². The van der Waals surface area contributed by atoms with Crippen molar-refractivity contribution in [1.82, 2.24) is 4.98 Å². The highest BCUT2D eigenvalue weighted by Crippen LogP contribution is 2.30. The molecule has 5 heteroatoms. The summed E-state index contributed by atoms with van der Waals surface area (Å²) in [5, 5.41) is 3.48. The van der Waals surface area contributed by atoms with Crippen LogP contribution in [0, 0.1) is 6.92 Å². The molecule has 0 aliphatic carbocycles. The van der Waals surface area contributed by atoms with Crippen molar-refractivity contribution in [3.63, 3.8) is 0 Å². The van der Waals surface area contributed by atoms with Crippen LogP contribution >= 0.6 is 34.4 Å². The van der Waals surface area contributed by atoms with Crippen LogP contribution in [0.25, 0.3) is 10.2 Å². The maximum absolute atomic E-state index is 4.55. The van der Waals surface area contributed by atoms with Gasteiger partial charge in [0.15, 0.2) is 4.34 Å². The molecule has 1 aromatic carbocycles. The second kappa shape index (κ2) is 5.53. The maximum atomic E-state index is 4.55. The van der Waals surface area contributed by atoms with Gasteiger partial charge in [0, 0.05) is 22.0 Å². The Morgan fingerprint density at radius 3 is 2.84 bits per heavy atom. The van der Waals surface area contributed by atoms with Crippen molar-refractivity contribution < 1.29 is 0 Å². The summed E-state index contributed by atoms with van der Waals surface area (Å²) < 4.78 is 2.37. The largest absolute Gasteiger partial charge is 0.380 e. The second-order valence-electron chi connectivity index (χ2n) is 4.23. The molecular formula is C14H14N2S3. The molecule has 2 aromatic heterocycles. The SMILES string of the molecule is CSc1nc2ccc(NCc3ccc(C)s3)cc2s1. The quantitative estimate of drug-likeness (QED) is 0.687. The van der Waals surface area contributed by atoms with E-state index in [1.54, 1.807) is 23.1 Å². The number of aromatic nitrogens is 1. The standard InChI is InChI=1S/C14H14N2S3/c1-9-3-5-11(18-9)8-15-10-4-6-12-13(7-10)19-14(16-12)17-2/h3-7,15H,8H2,1-2H3. The Hall–Kier alpha value is -1.04. The summed E-state index contributed by atoms with van der Waals surface area (Å²) in [6.07, 6.45) is 2.07. The molecule has 0 bridgehead atoms. The van der Waals surface area contributed by atoms with Crippen LogP contribution in [0.5, 0.6) is 0 Å². The molecule has 19 heavy (non-hydrogen) atoms. The van der Waals surface area contributed by atoms with Crippen molar-refractivity contribution in [3.05, 3.63) is 40.1 Å². The van der Waals surface area contributed by atoms with Crippen LogP contribution in [-0.4, -0.2) is 11.2 Å². The van der Waals surface area contributed by atoms with Gasteiger partial charge in [0.1, 0.15) is 0 Å². The van der Waals surface area contributed by atoms with Crippen molar-refractivity contribution in [3.8, 4) is 0 Å². The first-order valence-electron chi connectivity index (χ1n) is 5.98. The first kappa shape index (κ1) is 13.0. The summed E-state index contributed by atoms with van der Waals surface area (Å²) in [5.74, 6) is 0. The lowest BCUT2D eigenvalue weighted by atomic mass is 10.3. The Morgan fingerprint density at radius 1 is 1.21 bits per heavy atom. The van der Waals surface area contributed by atoms with E-state index in [9.17, 15) is 0 Å². The molecule has 3 aromatic rings. The molecule has 0 aliphatic heterocycles. The van der Waals surface area contributed by atoms with Crippen molar-refractivity contribution >= 4 is 50.3 Å². The number of thiophene rings is 1. The number of aryl methyl sites for hydroxylation is 1. The van der Waals surface area contributed by atoms with Gasteiger partial charge in [-0.25, -0.2) is 4.98 Å². The molecule has 0 amide bonds. The summed E-state index contributed by atoms with van der Waals surface area (Å²) in [6, 6.07) is 10.7. The molecule has 0 saturated carbocycles. The van der Waals surface area contributed by atoms with Gasteiger partial charge in [-0.2, -0.15) is 0 Å². The van der Waals surface area contributed by atoms with Gasteiger partial charge < -0.3 is 5.32 Å². The molecule has 3 rings (SSSR count). The number of thioether (sulfide) groups is 1. The predicted octanol–water partition coefficient (Wildman–Crippen LogP) is 5.00. The number of benzene rings is 1. The lowest BCUT2D eigenvalue weighted by molar-refractivity contribution is 1.19. The molecule has 0 aliphatic rings. The van der Waals surface area contributed by atoms with Gasteiger partial charge in [0.25, 0.3) is 0 Å². The molecule has 0 atom stereocenters. The van der Waals surface area contributed by atoms with Gasteiger partial charge in [-0.05, 0) is 43.5 Å². The van der Waals surface area contributed by atoms with Gasteiger partial charge in [0.2, 0.25) is 0 Å². The topological polar surface area (TPSA) is 24.9 Å². The fourth-order valence-electron chi connectivity index (χ4n) is 1.87. The van der Waals surface area contributed by atoms with E-state index in [-0.39, 0.29) is 0 Å². The highest BCUT2D eigenvalue weighted by molar-refractivity contribution is 8.00. The zero-order valence-electron chi connectivity index (χ0n) is 10.8. The molecule has 1 N–H and O–H groups in total. The number of thiazole rings is 1. The number of hydrogen-bond acceptors (Lipinski definition) is 5. The Morgan fingerprint density at radius 2 is 2.11 bits per heavy atom. The fourth-order valence-corrected chi connectivity index (χ4v) is 4.23. The zero-order valence-corrected chi connectivity index (χ0v) is 13.2. The Bertz CT molecular complexity index is 700. The Kier molecular flexibility index (Phi) is 3.77. The van der Waals surface area contributed by atoms with Crippen LogP contribution < -0.4 is 5.32 Å². The van der Waals surface area contributed by atoms with Gasteiger partial charge in [-0.1, -0.05) is 11.8 Å². The number of anilines is 1. The van der Waals surface area contributed by atoms with Crippen LogP contribution in [0.15, 0.2) is 34.7 Å². The second-order valence-corrected chi connectivity index (χ2v) is 7.69. The average molecular weight is 306 g/mol. The number of fused-ring (bicyclic) bond motifs is 1. The predicted molar refractivity (Wildman–Crippen MR) is 87.8 cm³/mol. The third-order valence-corrected chi connectivity index (χ3v) is 5.81. The van der Waals surface area contributed by atoms with Crippen LogP contribution in [0.2, 0.25) is 0 Å². The molecule has 0 unspecified atom stereocenters. The molecule has 0 saturated heterocycles. The Balaban J connectivity index is 1.77. The van der Waals surface area contributed by atoms with Crippen molar-refractivity contribution in [2.24, 2.45) is 0 Å². The fraction of sp³-hybridized carbons (Fsp3) is 0.214. The summed E-state index contributed by atoms with van der Waals surface area (Å²) in [4.78, 5) is 7.28. The van der Waals surface area contributed by atoms with E-state index in [2.05, 4.69) is 53.8 Å². The zero-order chi connectivity index (χ0) is 13.2. The number of hydrogen-bond donors (Lipinski definition) is 1. The van der Waals surface area contributed by atoms with Crippen molar-refractivity contribution in [2.45, 2.75) is 17.8 Å². The number of rotatable bonds is 4. The third-order valence-electron chi connectivity index (χ3n) is 2.81. The smallest absolute Gasteiger partial charge is 0.150 e. The monoisotopic (exact) mass is 306 g/mol. The van der Waals surface area contributed by atoms with Crippen LogP contribution in [0.3, 0.4) is 0 Å². The summed E-state index contributed by atoms with van der Waals surface area (Å²) >= 11 is 5.30. The minimum absolute atomic E-state index is 0.887. The van der Waals surface area contributed by atoms with E-state index in [0.717, 1.165) is 22.1 Å². The van der Waals surface area contributed by atoms with E-state index in [1.807, 2.05) is 11.3 Å². The lowest BCUT2D eigenvalue weighted by Gasteiger charge is -2.04. The number of nitrogens with one attached hydrogen (secondary N) is 1. The van der Waals surface area contributed by atoms with Gasteiger partial charge in [0.05, 0.1) is 10.2 Å². The van der Waals surface area contributed by atoms with Crippen LogP contribution in [0.1, 0.15) is 9.75 Å². The van der Waals surface area contributed by atoms with Crippen molar-refractivity contribution in [1.29, 1.82) is 0 Å². The molecule has 0 fully saturated rings. The summed E-state index contributed by atoms with van der Waals surface area (Å²) in [5.41, 5.74) is 2.25. The van der Waals surface area contributed by atoms with E-state index < -0.39 is 0 Å². The van der Waals surface area contributed by atoms with Crippen LogP contribution in [-0.2, 0) is 6.54 Å². The lowest BCUT2D eigenvalue weighted by Crippen LogP contribution is -1.96. The first-order chi connectivity index (χ1) is 9.24. The molecular weight excluding hydrogens is 292 g/mol. The highest BCUT2D eigenvalue weighted by Gasteiger charge is 2.04. The summed E-state index contributed by atoms with van der Waals surface area (Å²) in [6.45, 7) is 3.03. The Labute approximate surface area is 124 Å². The normalized spacial score (nSPS) is 11.1. The van der Waals surface area contributed by atoms with Gasteiger partial charge in [-0.15, -0.1) is 22.7 Å². The molecule has 0 spiro atoms. The van der Waals surface area contributed by atoms with E-state index in [1.165, 1.54) is 14.5 Å². The maximum Gasteiger partial charge on any atom is 0.150 e. The molecule has 98 valence electrons. The van der Waals surface area contributed by atoms with Crippen LogP contribution in [0.4, 0.5) is 5.69 Å². The molecule has 0 radical (unpaired) electrons. The van der Waals surface area contributed by atoms with E-state index in [0.29, 0.717) is 0 Å². The first-order valence-corrected chi connectivity index (χ1v) is 8.84. The molecule has 2 nitrogen and oxygen atoms in total. The van der Waals surface area contributed by atoms with E-state index in [4.69, 9.17) is 0 Å². The minimum Gasteiger partial charge on any atom is -0.380 e. The minimum atomic E-state index is 0.887. The van der Waals surface area contributed by atoms with E-state index >= 15 is 0 Å². The van der Waals surface area contributed by atoms with Gasteiger partial charge >= 0.3 is 0 Å². The van der Waals surface area contributed by atoms with Crippen molar-refractivity contribution in [2.75, 3.05) is 11.6 Å². The highest BCUT2D eigenvalue weighted by atomic mass is 32.2.